The van der Waals surface area contributed by atoms with Gasteiger partial charge in [-0.2, -0.15) is 0 Å². The summed E-state index contributed by atoms with van der Waals surface area (Å²) in [5.41, 5.74) is 0.672. The highest BCUT2D eigenvalue weighted by Crippen LogP contribution is 2.08. The highest BCUT2D eigenvalue weighted by molar-refractivity contribution is 7.09. The second kappa shape index (κ2) is 6.87. The standard InChI is InChI=1S/C11H14N2O4S/c1-7-12-8(6-18-7)3-4-10(14)13-9(5-17-2)11(15)16/h3-4,6,9H,5H2,1-2H3,(H,13,14)(H,15,16)/b4-3+. The molecule has 0 saturated carbocycles. The number of hydrogen-bond acceptors (Lipinski definition) is 5. The van der Waals surface area contributed by atoms with Gasteiger partial charge in [-0.05, 0) is 13.0 Å². The first-order valence-electron chi connectivity index (χ1n) is 5.15. The molecule has 1 heterocycles. The Morgan fingerprint density at radius 1 is 1.67 bits per heavy atom. The minimum Gasteiger partial charge on any atom is -0.480 e. The fourth-order valence-corrected chi connectivity index (χ4v) is 1.76. The minimum atomic E-state index is -1.14. The lowest BCUT2D eigenvalue weighted by Crippen LogP contribution is -2.43. The summed E-state index contributed by atoms with van der Waals surface area (Å²) in [6.07, 6.45) is 2.78. The second-order valence-electron chi connectivity index (χ2n) is 3.48. The molecule has 0 spiro atoms. The van der Waals surface area contributed by atoms with E-state index in [2.05, 4.69) is 10.3 Å². The first-order valence-corrected chi connectivity index (χ1v) is 6.03. The number of methoxy groups -OCH3 is 1. The summed E-state index contributed by atoms with van der Waals surface area (Å²) in [6.45, 7) is 1.78. The Bertz CT molecular complexity index is 456. The fourth-order valence-electron chi connectivity index (χ4n) is 1.18. The van der Waals surface area contributed by atoms with E-state index in [9.17, 15) is 9.59 Å². The number of rotatable bonds is 6. The van der Waals surface area contributed by atoms with Gasteiger partial charge in [0.2, 0.25) is 5.91 Å². The van der Waals surface area contributed by atoms with Crippen LogP contribution in [0.15, 0.2) is 11.5 Å². The lowest BCUT2D eigenvalue weighted by atomic mass is 10.3. The van der Waals surface area contributed by atoms with Crippen LogP contribution in [0.5, 0.6) is 0 Å². The van der Waals surface area contributed by atoms with Crippen molar-refractivity contribution in [2.24, 2.45) is 0 Å². The third-order valence-electron chi connectivity index (χ3n) is 1.99. The SMILES string of the molecule is COCC(NC(=O)/C=C/c1csc(C)n1)C(=O)O. The zero-order valence-electron chi connectivity index (χ0n) is 10.0. The Balaban J connectivity index is 2.54. The van der Waals surface area contributed by atoms with Gasteiger partial charge in [0.25, 0.3) is 0 Å². The molecule has 2 N–H and O–H groups in total. The monoisotopic (exact) mass is 270 g/mol. The number of nitrogens with one attached hydrogen (secondary N) is 1. The number of carboxylic acids is 1. The smallest absolute Gasteiger partial charge is 0.328 e. The maximum absolute atomic E-state index is 11.5. The molecule has 6 nitrogen and oxygen atoms in total. The van der Waals surface area contributed by atoms with Crippen LogP contribution in [-0.4, -0.2) is 41.7 Å². The van der Waals surface area contributed by atoms with Crippen molar-refractivity contribution in [1.82, 2.24) is 10.3 Å². The molecule has 18 heavy (non-hydrogen) atoms. The number of hydrogen-bond donors (Lipinski definition) is 2. The van der Waals surface area contributed by atoms with E-state index in [1.54, 1.807) is 0 Å². The molecule has 0 fully saturated rings. The van der Waals surface area contributed by atoms with Gasteiger partial charge in [-0.15, -0.1) is 11.3 Å². The molecule has 1 amide bonds. The van der Waals surface area contributed by atoms with Crippen LogP contribution in [0.1, 0.15) is 10.7 Å². The molecular formula is C11H14N2O4S. The van der Waals surface area contributed by atoms with Crippen LogP contribution in [0.3, 0.4) is 0 Å². The molecule has 1 aromatic heterocycles. The van der Waals surface area contributed by atoms with Gasteiger partial charge in [0, 0.05) is 18.6 Å². The zero-order valence-corrected chi connectivity index (χ0v) is 10.9. The van der Waals surface area contributed by atoms with E-state index in [0.717, 1.165) is 5.01 Å². The van der Waals surface area contributed by atoms with E-state index in [1.165, 1.54) is 30.6 Å². The van der Waals surface area contributed by atoms with Crippen molar-refractivity contribution in [2.75, 3.05) is 13.7 Å². The fraction of sp³-hybridized carbons (Fsp3) is 0.364. The normalized spacial score (nSPS) is 12.6. The maximum atomic E-state index is 11.5. The topological polar surface area (TPSA) is 88.5 Å². The van der Waals surface area contributed by atoms with Crippen LogP contribution < -0.4 is 5.32 Å². The van der Waals surface area contributed by atoms with Crippen molar-refractivity contribution >= 4 is 29.3 Å². The molecule has 1 aromatic rings. The number of aromatic nitrogens is 1. The summed E-state index contributed by atoms with van der Waals surface area (Å²) in [6, 6.07) is -1.05. The van der Waals surface area contributed by atoms with E-state index in [1.807, 2.05) is 12.3 Å². The van der Waals surface area contributed by atoms with Crippen LogP contribution in [0.2, 0.25) is 0 Å². The molecule has 0 aliphatic heterocycles. The van der Waals surface area contributed by atoms with E-state index >= 15 is 0 Å². The predicted molar refractivity (Wildman–Crippen MR) is 67.3 cm³/mol. The minimum absolute atomic E-state index is 0.0786. The molecule has 0 aliphatic carbocycles. The van der Waals surface area contributed by atoms with Gasteiger partial charge >= 0.3 is 5.97 Å². The average molecular weight is 270 g/mol. The third-order valence-corrected chi connectivity index (χ3v) is 2.78. The summed E-state index contributed by atoms with van der Waals surface area (Å²) in [5, 5.41) is 13.8. The van der Waals surface area contributed by atoms with Gasteiger partial charge in [-0.25, -0.2) is 9.78 Å². The number of carbonyl (C=O) groups is 2. The Morgan fingerprint density at radius 2 is 2.39 bits per heavy atom. The molecule has 1 rings (SSSR count). The van der Waals surface area contributed by atoms with Crippen molar-refractivity contribution in [3.8, 4) is 0 Å². The van der Waals surface area contributed by atoms with Gasteiger partial charge in [-0.3, -0.25) is 4.79 Å². The second-order valence-corrected chi connectivity index (χ2v) is 4.54. The van der Waals surface area contributed by atoms with Gasteiger partial charge < -0.3 is 15.2 Å². The van der Waals surface area contributed by atoms with Gasteiger partial charge in [0.15, 0.2) is 6.04 Å². The summed E-state index contributed by atoms with van der Waals surface area (Å²) >= 11 is 1.47. The highest BCUT2D eigenvalue weighted by Gasteiger charge is 2.18. The van der Waals surface area contributed by atoms with Crippen molar-refractivity contribution in [2.45, 2.75) is 13.0 Å². The highest BCUT2D eigenvalue weighted by atomic mass is 32.1. The molecule has 1 unspecified atom stereocenters. The first kappa shape index (κ1) is 14.3. The van der Waals surface area contributed by atoms with Crippen LogP contribution in [0.25, 0.3) is 6.08 Å². The van der Waals surface area contributed by atoms with E-state index < -0.39 is 17.9 Å². The summed E-state index contributed by atoms with van der Waals surface area (Å²) in [4.78, 5) is 26.4. The maximum Gasteiger partial charge on any atom is 0.328 e. The molecular weight excluding hydrogens is 256 g/mol. The van der Waals surface area contributed by atoms with Crippen molar-refractivity contribution < 1.29 is 19.4 Å². The third kappa shape index (κ3) is 4.64. The first-order chi connectivity index (χ1) is 8.52. The van der Waals surface area contributed by atoms with Crippen LogP contribution in [-0.2, 0) is 14.3 Å². The Morgan fingerprint density at radius 3 is 2.89 bits per heavy atom. The van der Waals surface area contributed by atoms with Crippen LogP contribution >= 0.6 is 11.3 Å². The van der Waals surface area contributed by atoms with Crippen molar-refractivity contribution in [1.29, 1.82) is 0 Å². The Hall–Kier alpha value is -1.73. The number of thiazole rings is 1. The van der Waals surface area contributed by atoms with Gasteiger partial charge in [-0.1, -0.05) is 0 Å². The van der Waals surface area contributed by atoms with E-state index in [4.69, 9.17) is 9.84 Å². The van der Waals surface area contributed by atoms with E-state index in [0.29, 0.717) is 5.69 Å². The van der Waals surface area contributed by atoms with Gasteiger partial charge in [0.05, 0.1) is 17.3 Å². The average Bonchev–Trinajstić information content (AvgIpc) is 2.72. The summed E-state index contributed by atoms with van der Waals surface area (Å²) in [5.74, 6) is -1.63. The molecule has 0 aliphatic rings. The Kier molecular flexibility index (Phi) is 5.47. The van der Waals surface area contributed by atoms with Crippen molar-refractivity contribution in [3.05, 3.63) is 22.2 Å². The number of amides is 1. The predicted octanol–water partition coefficient (Wildman–Crippen LogP) is 0.681. The molecule has 98 valence electrons. The summed E-state index contributed by atoms with van der Waals surface area (Å²) < 4.78 is 4.70. The van der Waals surface area contributed by atoms with Crippen molar-refractivity contribution in [3.63, 3.8) is 0 Å². The number of carboxylic acid groups (broad SMARTS) is 1. The number of aryl methyl sites for hydroxylation is 1. The van der Waals surface area contributed by atoms with Crippen LogP contribution in [0, 0.1) is 6.92 Å². The molecule has 0 radical (unpaired) electrons. The molecule has 7 heteroatoms. The number of nitrogens with zero attached hydrogens (tertiary/aromatic N) is 1. The molecule has 0 bridgehead atoms. The largest absolute Gasteiger partial charge is 0.480 e. The number of ether oxygens (including phenoxy) is 1. The van der Waals surface area contributed by atoms with Crippen LogP contribution in [0.4, 0.5) is 0 Å². The number of aliphatic carboxylic acids is 1. The zero-order chi connectivity index (χ0) is 13.5. The van der Waals surface area contributed by atoms with E-state index in [-0.39, 0.29) is 6.61 Å². The quantitative estimate of drug-likeness (QED) is 0.742. The summed E-state index contributed by atoms with van der Waals surface area (Å²) in [7, 11) is 1.37. The Labute approximate surface area is 108 Å². The lowest BCUT2D eigenvalue weighted by Gasteiger charge is -2.11. The molecule has 0 saturated heterocycles. The molecule has 0 aromatic carbocycles. The lowest BCUT2D eigenvalue weighted by molar-refractivity contribution is -0.142. The van der Waals surface area contributed by atoms with Gasteiger partial charge in [0.1, 0.15) is 0 Å². The number of carbonyl (C=O) groups excluding carboxylic acids is 1. The molecule has 1 atom stereocenters.